The van der Waals surface area contributed by atoms with Gasteiger partial charge >= 0.3 is 0 Å². The second kappa shape index (κ2) is 5.72. The molecule has 0 heterocycles. The molecule has 0 aliphatic heterocycles. The standard InChI is InChI=1S/C16H22FNO/c1-11-4-8-14(9-5-11)18(3)16(19)13-7-6-12(2)15(17)10-13/h6-7,10-11,14H,4-5,8-9H2,1-3H3. The lowest BCUT2D eigenvalue weighted by molar-refractivity contribution is 0.0679. The molecule has 104 valence electrons. The van der Waals surface area contributed by atoms with Gasteiger partial charge in [0.05, 0.1) is 0 Å². The fraction of sp³-hybridized carbons (Fsp3) is 0.562. The third-order valence-electron chi connectivity index (χ3n) is 4.27. The first-order chi connectivity index (χ1) is 8.99. The number of rotatable bonds is 2. The van der Waals surface area contributed by atoms with Gasteiger partial charge in [-0.05, 0) is 56.2 Å². The van der Waals surface area contributed by atoms with Crippen LogP contribution in [0.4, 0.5) is 4.39 Å². The number of halogens is 1. The summed E-state index contributed by atoms with van der Waals surface area (Å²) >= 11 is 0. The van der Waals surface area contributed by atoms with Crippen LogP contribution >= 0.6 is 0 Å². The Bertz CT molecular complexity index is 464. The van der Waals surface area contributed by atoms with Crippen molar-refractivity contribution in [3.8, 4) is 0 Å². The molecule has 1 saturated carbocycles. The maximum Gasteiger partial charge on any atom is 0.253 e. The van der Waals surface area contributed by atoms with Gasteiger partial charge in [0.15, 0.2) is 0 Å². The molecule has 2 rings (SSSR count). The zero-order valence-electron chi connectivity index (χ0n) is 11.9. The van der Waals surface area contributed by atoms with Crippen molar-refractivity contribution in [1.29, 1.82) is 0 Å². The van der Waals surface area contributed by atoms with Crippen molar-refractivity contribution in [2.24, 2.45) is 5.92 Å². The lowest BCUT2D eigenvalue weighted by Crippen LogP contribution is -2.39. The Morgan fingerprint density at radius 3 is 2.47 bits per heavy atom. The highest BCUT2D eigenvalue weighted by Gasteiger charge is 2.25. The maximum atomic E-state index is 13.5. The molecular formula is C16H22FNO. The molecule has 2 nitrogen and oxygen atoms in total. The Morgan fingerprint density at radius 1 is 1.26 bits per heavy atom. The van der Waals surface area contributed by atoms with Crippen LogP contribution in [0.2, 0.25) is 0 Å². The molecule has 0 bridgehead atoms. The van der Waals surface area contributed by atoms with Crippen LogP contribution in [-0.4, -0.2) is 23.9 Å². The average molecular weight is 263 g/mol. The van der Waals surface area contributed by atoms with Crippen LogP contribution in [0.3, 0.4) is 0 Å². The summed E-state index contributed by atoms with van der Waals surface area (Å²) in [6.45, 7) is 3.96. The summed E-state index contributed by atoms with van der Waals surface area (Å²) in [5.41, 5.74) is 1.02. The van der Waals surface area contributed by atoms with Gasteiger partial charge in [0.25, 0.3) is 5.91 Å². The Labute approximate surface area is 114 Å². The SMILES string of the molecule is Cc1ccc(C(=O)N(C)C2CCC(C)CC2)cc1F. The van der Waals surface area contributed by atoms with Gasteiger partial charge in [0.1, 0.15) is 5.82 Å². The second-order valence-electron chi connectivity index (χ2n) is 5.79. The normalized spacial score (nSPS) is 23.2. The van der Waals surface area contributed by atoms with Crippen molar-refractivity contribution in [3.63, 3.8) is 0 Å². The third kappa shape index (κ3) is 3.14. The van der Waals surface area contributed by atoms with Crippen molar-refractivity contribution in [2.75, 3.05) is 7.05 Å². The summed E-state index contributed by atoms with van der Waals surface area (Å²) in [5, 5.41) is 0. The van der Waals surface area contributed by atoms with E-state index in [1.165, 1.54) is 18.9 Å². The van der Waals surface area contributed by atoms with E-state index in [9.17, 15) is 9.18 Å². The van der Waals surface area contributed by atoms with Gasteiger partial charge in [-0.2, -0.15) is 0 Å². The Morgan fingerprint density at radius 2 is 1.89 bits per heavy atom. The summed E-state index contributed by atoms with van der Waals surface area (Å²) in [7, 11) is 1.83. The van der Waals surface area contributed by atoms with Crippen molar-refractivity contribution in [3.05, 3.63) is 35.1 Å². The van der Waals surface area contributed by atoms with E-state index < -0.39 is 0 Å². The first-order valence-electron chi connectivity index (χ1n) is 7.02. The zero-order valence-corrected chi connectivity index (χ0v) is 11.9. The number of aryl methyl sites for hydroxylation is 1. The fourth-order valence-electron chi connectivity index (χ4n) is 2.73. The molecule has 0 saturated heterocycles. The Kier molecular flexibility index (Phi) is 4.23. The van der Waals surface area contributed by atoms with E-state index >= 15 is 0 Å². The highest BCUT2D eigenvalue weighted by atomic mass is 19.1. The molecule has 1 fully saturated rings. The molecule has 19 heavy (non-hydrogen) atoms. The van der Waals surface area contributed by atoms with Gasteiger partial charge in [-0.1, -0.05) is 13.0 Å². The van der Waals surface area contributed by atoms with E-state index in [1.807, 2.05) is 7.05 Å². The molecule has 3 heteroatoms. The molecule has 0 atom stereocenters. The summed E-state index contributed by atoms with van der Waals surface area (Å²) in [6.07, 6.45) is 4.45. The minimum absolute atomic E-state index is 0.0709. The quantitative estimate of drug-likeness (QED) is 0.795. The van der Waals surface area contributed by atoms with Gasteiger partial charge in [0, 0.05) is 18.7 Å². The van der Waals surface area contributed by atoms with Crippen LogP contribution in [0.15, 0.2) is 18.2 Å². The third-order valence-corrected chi connectivity index (χ3v) is 4.27. The van der Waals surface area contributed by atoms with Crippen molar-refractivity contribution < 1.29 is 9.18 Å². The average Bonchev–Trinajstić information content (AvgIpc) is 2.41. The number of amides is 1. The first-order valence-corrected chi connectivity index (χ1v) is 7.02. The highest BCUT2D eigenvalue weighted by Crippen LogP contribution is 2.27. The monoisotopic (exact) mass is 263 g/mol. The Balaban J connectivity index is 2.08. The molecule has 1 amide bonds. The Hall–Kier alpha value is -1.38. The summed E-state index contributed by atoms with van der Waals surface area (Å²) in [5.74, 6) is 0.381. The summed E-state index contributed by atoms with van der Waals surface area (Å²) in [4.78, 5) is 14.1. The number of carbonyl (C=O) groups excluding carboxylic acids is 1. The molecule has 1 aliphatic carbocycles. The smallest absolute Gasteiger partial charge is 0.253 e. The predicted molar refractivity (Wildman–Crippen MR) is 74.7 cm³/mol. The van der Waals surface area contributed by atoms with Crippen molar-refractivity contribution in [2.45, 2.75) is 45.6 Å². The maximum absolute atomic E-state index is 13.5. The molecule has 1 aromatic carbocycles. The summed E-state index contributed by atoms with van der Waals surface area (Å²) in [6, 6.07) is 5.02. The molecule has 0 spiro atoms. The fourth-order valence-corrected chi connectivity index (χ4v) is 2.73. The zero-order chi connectivity index (χ0) is 14.0. The van der Waals surface area contributed by atoms with Crippen LogP contribution in [0.1, 0.15) is 48.5 Å². The van der Waals surface area contributed by atoms with Gasteiger partial charge in [-0.3, -0.25) is 4.79 Å². The number of nitrogens with zero attached hydrogens (tertiary/aromatic N) is 1. The van der Waals surface area contributed by atoms with Crippen LogP contribution in [0, 0.1) is 18.7 Å². The van der Waals surface area contributed by atoms with E-state index in [0.29, 0.717) is 17.2 Å². The predicted octanol–water partition coefficient (Wildman–Crippen LogP) is 3.78. The van der Waals surface area contributed by atoms with E-state index in [1.54, 1.807) is 24.0 Å². The largest absolute Gasteiger partial charge is 0.339 e. The number of carbonyl (C=O) groups is 1. The number of benzene rings is 1. The van der Waals surface area contributed by atoms with Crippen LogP contribution in [0.5, 0.6) is 0 Å². The minimum Gasteiger partial charge on any atom is -0.339 e. The molecule has 0 N–H and O–H groups in total. The van der Waals surface area contributed by atoms with E-state index in [2.05, 4.69) is 6.92 Å². The highest BCUT2D eigenvalue weighted by molar-refractivity contribution is 5.94. The van der Waals surface area contributed by atoms with Crippen molar-refractivity contribution in [1.82, 2.24) is 4.90 Å². The first kappa shape index (κ1) is 14.0. The van der Waals surface area contributed by atoms with E-state index in [4.69, 9.17) is 0 Å². The molecule has 1 aromatic rings. The van der Waals surface area contributed by atoms with E-state index in [-0.39, 0.29) is 11.7 Å². The van der Waals surface area contributed by atoms with Crippen LogP contribution in [-0.2, 0) is 0 Å². The molecule has 0 radical (unpaired) electrons. The lowest BCUT2D eigenvalue weighted by Gasteiger charge is -2.33. The number of hydrogen-bond acceptors (Lipinski definition) is 1. The molecule has 1 aliphatic rings. The van der Waals surface area contributed by atoms with Crippen LogP contribution < -0.4 is 0 Å². The summed E-state index contributed by atoms with van der Waals surface area (Å²) < 4.78 is 13.5. The van der Waals surface area contributed by atoms with E-state index in [0.717, 1.165) is 18.8 Å². The molecular weight excluding hydrogens is 241 g/mol. The van der Waals surface area contributed by atoms with Crippen LogP contribution in [0.25, 0.3) is 0 Å². The molecule has 0 aromatic heterocycles. The topological polar surface area (TPSA) is 20.3 Å². The van der Waals surface area contributed by atoms with Gasteiger partial charge in [-0.15, -0.1) is 0 Å². The van der Waals surface area contributed by atoms with Gasteiger partial charge < -0.3 is 4.90 Å². The van der Waals surface area contributed by atoms with Gasteiger partial charge in [-0.25, -0.2) is 4.39 Å². The van der Waals surface area contributed by atoms with Crippen molar-refractivity contribution >= 4 is 5.91 Å². The van der Waals surface area contributed by atoms with Gasteiger partial charge in [0.2, 0.25) is 0 Å². The molecule has 0 unspecified atom stereocenters. The lowest BCUT2D eigenvalue weighted by atomic mass is 9.86. The second-order valence-corrected chi connectivity index (χ2v) is 5.79. The number of hydrogen-bond donors (Lipinski definition) is 0. The minimum atomic E-state index is -0.309.